The molecule has 1 aromatic carbocycles. The second-order valence-corrected chi connectivity index (χ2v) is 8.90. The largest absolute Gasteiger partial charge is 0.359 e. The molecule has 3 N–H and O–H groups in total. The summed E-state index contributed by atoms with van der Waals surface area (Å²) in [5.41, 5.74) is 2.52. The van der Waals surface area contributed by atoms with Crippen molar-refractivity contribution in [1.82, 2.24) is 20.5 Å². The number of aliphatic imine (C=N–C) groups is 1. The molecule has 30 heavy (non-hydrogen) atoms. The van der Waals surface area contributed by atoms with Gasteiger partial charge in [-0.1, -0.05) is 31.1 Å². The van der Waals surface area contributed by atoms with Crippen molar-refractivity contribution in [2.24, 2.45) is 4.99 Å². The summed E-state index contributed by atoms with van der Waals surface area (Å²) in [4.78, 5) is 4.77. The van der Waals surface area contributed by atoms with Gasteiger partial charge in [0.15, 0.2) is 11.7 Å². The molecular formula is C20H32IN5O3S. The van der Waals surface area contributed by atoms with Gasteiger partial charge < -0.3 is 15.2 Å². The molecule has 0 atom stereocenters. The average Bonchev–Trinajstić information content (AvgIpc) is 3.14. The highest BCUT2D eigenvalue weighted by atomic mass is 127. The Balaban J connectivity index is 0.00000450. The van der Waals surface area contributed by atoms with Crippen molar-refractivity contribution in [2.75, 3.05) is 19.6 Å². The van der Waals surface area contributed by atoms with E-state index < -0.39 is 10.0 Å². The summed E-state index contributed by atoms with van der Waals surface area (Å²) in [5.74, 6) is 1.57. The third kappa shape index (κ3) is 7.88. The lowest BCUT2D eigenvalue weighted by atomic mass is 10.1. The molecule has 0 spiro atoms. The van der Waals surface area contributed by atoms with Crippen LogP contribution in [0.2, 0.25) is 0 Å². The van der Waals surface area contributed by atoms with Gasteiger partial charge in [0, 0.05) is 25.7 Å². The van der Waals surface area contributed by atoms with E-state index in [1.54, 1.807) is 13.0 Å². The zero-order valence-electron chi connectivity index (χ0n) is 18.2. The molecule has 0 radical (unpaired) electrons. The topological polar surface area (TPSA) is 109 Å². The molecule has 2 rings (SSSR count). The Bertz CT molecular complexity index is 942. The highest BCUT2D eigenvalue weighted by molar-refractivity contribution is 14.0. The average molecular weight is 549 g/mol. The fourth-order valence-electron chi connectivity index (χ4n) is 2.62. The van der Waals surface area contributed by atoms with Crippen LogP contribution in [0.1, 0.15) is 49.3 Å². The molecule has 2 aromatic rings. The minimum atomic E-state index is -3.56. The molecule has 0 unspecified atom stereocenters. The van der Waals surface area contributed by atoms with Gasteiger partial charge in [0.1, 0.15) is 6.54 Å². The zero-order chi connectivity index (χ0) is 21.4. The van der Waals surface area contributed by atoms with Crippen LogP contribution in [0, 0.1) is 13.8 Å². The van der Waals surface area contributed by atoms with Crippen LogP contribution in [-0.2, 0) is 16.6 Å². The minimum Gasteiger partial charge on any atom is -0.359 e. The lowest BCUT2D eigenvalue weighted by Crippen LogP contribution is -2.41. The predicted octanol–water partition coefficient (Wildman–Crippen LogP) is 3.07. The maximum absolute atomic E-state index is 12.5. The van der Waals surface area contributed by atoms with E-state index in [4.69, 9.17) is 4.52 Å². The molecule has 1 aromatic heterocycles. The van der Waals surface area contributed by atoms with Crippen molar-refractivity contribution in [3.05, 3.63) is 46.8 Å². The Morgan fingerprint density at radius 2 is 1.90 bits per heavy atom. The molecular weight excluding hydrogens is 517 g/mol. The van der Waals surface area contributed by atoms with Gasteiger partial charge in [0.2, 0.25) is 10.0 Å². The van der Waals surface area contributed by atoms with E-state index in [1.807, 2.05) is 32.0 Å². The molecule has 8 nitrogen and oxygen atoms in total. The number of guanidine groups is 1. The van der Waals surface area contributed by atoms with E-state index in [1.165, 1.54) is 0 Å². The van der Waals surface area contributed by atoms with Crippen molar-refractivity contribution in [1.29, 1.82) is 0 Å². The van der Waals surface area contributed by atoms with Crippen molar-refractivity contribution < 1.29 is 12.9 Å². The number of halogens is 1. The SMILES string of the molecule is CCNC(=NCc1cc(C(C)C)no1)NCCNS(=O)(=O)c1cc(C)ccc1C.I. The predicted molar refractivity (Wildman–Crippen MR) is 130 cm³/mol. The van der Waals surface area contributed by atoms with Crippen molar-refractivity contribution in [3.63, 3.8) is 0 Å². The van der Waals surface area contributed by atoms with Crippen LogP contribution >= 0.6 is 24.0 Å². The monoisotopic (exact) mass is 549 g/mol. The zero-order valence-corrected chi connectivity index (χ0v) is 21.3. The summed E-state index contributed by atoms with van der Waals surface area (Å²) in [7, 11) is -3.56. The number of nitrogens with zero attached hydrogens (tertiary/aromatic N) is 2. The number of benzene rings is 1. The first-order valence-electron chi connectivity index (χ1n) is 9.77. The van der Waals surface area contributed by atoms with Crippen LogP contribution in [0.3, 0.4) is 0 Å². The fourth-order valence-corrected chi connectivity index (χ4v) is 3.97. The number of nitrogens with one attached hydrogen (secondary N) is 3. The molecule has 10 heteroatoms. The van der Waals surface area contributed by atoms with Crippen molar-refractivity contribution in [3.8, 4) is 0 Å². The lowest BCUT2D eigenvalue weighted by Gasteiger charge is -2.13. The van der Waals surface area contributed by atoms with Crippen LogP contribution in [0.4, 0.5) is 0 Å². The number of sulfonamides is 1. The van der Waals surface area contributed by atoms with Gasteiger partial charge in [-0.3, -0.25) is 0 Å². The standard InChI is InChI=1S/C20H31N5O3S.HI/c1-6-21-20(23-13-17-12-18(14(2)3)25-28-17)22-9-10-24-29(26,27)19-11-15(4)7-8-16(19)5;/h7-8,11-12,14,24H,6,9-10,13H2,1-5H3,(H2,21,22,23);1H. The summed E-state index contributed by atoms with van der Waals surface area (Å²) >= 11 is 0. The van der Waals surface area contributed by atoms with Gasteiger partial charge in [-0.2, -0.15) is 0 Å². The third-order valence-corrected chi connectivity index (χ3v) is 5.85. The number of aromatic nitrogens is 1. The molecule has 0 amide bonds. The first-order chi connectivity index (χ1) is 13.7. The van der Waals surface area contributed by atoms with Crippen LogP contribution in [0.15, 0.2) is 38.7 Å². The quantitative estimate of drug-likeness (QED) is 0.192. The first kappa shape index (κ1) is 26.4. The van der Waals surface area contributed by atoms with E-state index >= 15 is 0 Å². The minimum absolute atomic E-state index is 0. The summed E-state index contributed by atoms with van der Waals surface area (Å²) in [6.07, 6.45) is 0. The number of rotatable bonds is 9. The van der Waals surface area contributed by atoms with E-state index in [0.29, 0.717) is 42.2 Å². The molecule has 0 aliphatic heterocycles. The van der Waals surface area contributed by atoms with Gasteiger partial charge in [-0.25, -0.2) is 18.1 Å². The molecule has 0 saturated carbocycles. The van der Waals surface area contributed by atoms with Gasteiger partial charge in [-0.15, -0.1) is 24.0 Å². The van der Waals surface area contributed by atoms with Crippen LogP contribution in [-0.4, -0.2) is 39.2 Å². The second kappa shape index (κ2) is 12.3. The number of hydrogen-bond acceptors (Lipinski definition) is 5. The smallest absolute Gasteiger partial charge is 0.240 e. The second-order valence-electron chi connectivity index (χ2n) is 7.16. The van der Waals surface area contributed by atoms with Gasteiger partial charge in [-0.05, 0) is 43.9 Å². The molecule has 0 aliphatic carbocycles. The number of hydrogen-bond donors (Lipinski definition) is 3. The molecule has 0 bridgehead atoms. The Kier molecular flexibility index (Phi) is 10.8. The summed E-state index contributed by atoms with van der Waals surface area (Å²) in [6, 6.07) is 7.29. The fraction of sp³-hybridized carbons (Fsp3) is 0.500. The highest BCUT2D eigenvalue weighted by Gasteiger charge is 2.16. The van der Waals surface area contributed by atoms with E-state index in [2.05, 4.69) is 39.4 Å². The Labute approximate surface area is 196 Å². The molecule has 168 valence electrons. The Hall–Kier alpha value is -1.66. The summed E-state index contributed by atoms with van der Waals surface area (Å²) in [6.45, 7) is 11.4. The molecule has 0 aliphatic rings. The van der Waals surface area contributed by atoms with E-state index in [0.717, 1.165) is 16.8 Å². The maximum Gasteiger partial charge on any atom is 0.240 e. The number of aryl methyl sites for hydroxylation is 2. The molecule has 0 saturated heterocycles. The molecule has 1 heterocycles. The Morgan fingerprint density at radius 1 is 1.17 bits per heavy atom. The van der Waals surface area contributed by atoms with Crippen LogP contribution in [0.5, 0.6) is 0 Å². The lowest BCUT2D eigenvalue weighted by molar-refractivity contribution is 0.376. The Morgan fingerprint density at radius 3 is 2.53 bits per heavy atom. The molecule has 0 fully saturated rings. The normalized spacial score (nSPS) is 12.0. The third-order valence-electron chi connectivity index (χ3n) is 4.25. The highest BCUT2D eigenvalue weighted by Crippen LogP contribution is 2.16. The van der Waals surface area contributed by atoms with Crippen LogP contribution in [0.25, 0.3) is 0 Å². The van der Waals surface area contributed by atoms with Gasteiger partial charge in [0.25, 0.3) is 0 Å². The summed E-state index contributed by atoms with van der Waals surface area (Å²) in [5, 5.41) is 10.3. The van der Waals surface area contributed by atoms with E-state index in [9.17, 15) is 8.42 Å². The van der Waals surface area contributed by atoms with E-state index in [-0.39, 0.29) is 30.5 Å². The van der Waals surface area contributed by atoms with Crippen molar-refractivity contribution >= 4 is 40.0 Å². The summed E-state index contributed by atoms with van der Waals surface area (Å²) < 4.78 is 33.0. The van der Waals surface area contributed by atoms with Crippen LogP contribution < -0.4 is 15.4 Å². The van der Waals surface area contributed by atoms with Gasteiger partial charge in [0.05, 0.1) is 10.6 Å². The van der Waals surface area contributed by atoms with Gasteiger partial charge >= 0.3 is 0 Å². The first-order valence-corrected chi connectivity index (χ1v) is 11.3. The maximum atomic E-state index is 12.5. The van der Waals surface area contributed by atoms with Crippen molar-refractivity contribution in [2.45, 2.75) is 52.0 Å².